The van der Waals surface area contributed by atoms with Crippen molar-refractivity contribution in [2.24, 2.45) is 0 Å². The highest BCUT2D eigenvalue weighted by Gasteiger charge is 2.10. The van der Waals surface area contributed by atoms with Crippen molar-refractivity contribution in [3.63, 3.8) is 0 Å². The Hall–Kier alpha value is -1.16. The van der Waals surface area contributed by atoms with Gasteiger partial charge in [0, 0.05) is 17.6 Å². The van der Waals surface area contributed by atoms with Gasteiger partial charge in [-0.15, -0.1) is 0 Å². The van der Waals surface area contributed by atoms with E-state index in [0.717, 1.165) is 23.9 Å². The zero-order valence-electron chi connectivity index (χ0n) is 12.6. The highest BCUT2D eigenvalue weighted by atomic mass is 79.9. The number of benzene rings is 2. The van der Waals surface area contributed by atoms with Gasteiger partial charge in [0.25, 0.3) is 0 Å². The highest BCUT2D eigenvalue weighted by Crippen LogP contribution is 2.21. The Morgan fingerprint density at radius 1 is 1.10 bits per heavy atom. The molecule has 0 bridgehead atoms. The number of nitrogens with one attached hydrogen (secondary N) is 1. The molecule has 0 saturated carbocycles. The topological polar surface area (TPSA) is 21.3 Å². The van der Waals surface area contributed by atoms with Crippen molar-refractivity contribution < 1.29 is 4.74 Å². The van der Waals surface area contributed by atoms with Crippen LogP contribution in [0, 0.1) is 0 Å². The smallest absolute Gasteiger partial charge is 0.0502 e. The zero-order valence-corrected chi connectivity index (χ0v) is 14.2. The molecule has 0 aromatic heterocycles. The van der Waals surface area contributed by atoms with Gasteiger partial charge >= 0.3 is 0 Å². The fourth-order valence-corrected chi connectivity index (χ4v) is 2.87. The van der Waals surface area contributed by atoms with Crippen molar-refractivity contribution >= 4 is 15.9 Å². The van der Waals surface area contributed by atoms with E-state index in [4.69, 9.17) is 4.74 Å². The van der Waals surface area contributed by atoms with Crippen molar-refractivity contribution in [2.75, 3.05) is 20.8 Å². The molecule has 0 aliphatic carbocycles. The molecule has 0 spiro atoms. The lowest BCUT2D eigenvalue weighted by Crippen LogP contribution is -2.18. The van der Waals surface area contributed by atoms with Gasteiger partial charge in [-0.1, -0.05) is 52.3 Å². The predicted octanol–water partition coefficient (Wildman–Crippen LogP) is 4.14. The quantitative estimate of drug-likeness (QED) is 0.812. The maximum absolute atomic E-state index is 5.12. The van der Waals surface area contributed by atoms with Gasteiger partial charge in [0.15, 0.2) is 0 Å². The van der Waals surface area contributed by atoms with Gasteiger partial charge < -0.3 is 10.1 Å². The van der Waals surface area contributed by atoms with Crippen molar-refractivity contribution in [2.45, 2.75) is 18.9 Å². The summed E-state index contributed by atoms with van der Waals surface area (Å²) >= 11 is 3.53. The van der Waals surface area contributed by atoms with Crippen LogP contribution in [0.1, 0.15) is 22.7 Å². The first-order valence-electron chi connectivity index (χ1n) is 7.22. The molecule has 3 heteroatoms. The third-order valence-corrected chi connectivity index (χ3v) is 4.15. The number of methoxy groups -OCH3 is 1. The summed E-state index contributed by atoms with van der Waals surface area (Å²) in [6.45, 7) is 0.771. The average molecular weight is 348 g/mol. The predicted molar refractivity (Wildman–Crippen MR) is 91.7 cm³/mol. The van der Waals surface area contributed by atoms with Crippen LogP contribution in [-0.2, 0) is 17.6 Å². The van der Waals surface area contributed by atoms with E-state index >= 15 is 0 Å². The van der Waals surface area contributed by atoms with Crippen LogP contribution in [0.5, 0.6) is 0 Å². The van der Waals surface area contributed by atoms with Crippen LogP contribution >= 0.6 is 15.9 Å². The SMILES string of the molecule is CNC(Cc1cccc(Br)c1)c1ccc(CCOC)cc1. The number of likely N-dealkylation sites (N-methyl/N-ethyl adjacent to an activating group) is 1. The number of rotatable bonds is 7. The number of ether oxygens (including phenoxy) is 1. The molecule has 0 aliphatic rings. The number of halogens is 1. The molecule has 1 unspecified atom stereocenters. The molecule has 1 N–H and O–H groups in total. The van der Waals surface area contributed by atoms with Gasteiger partial charge in [-0.2, -0.15) is 0 Å². The van der Waals surface area contributed by atoms with Crippen LogP contribution in [0.3, 0.4) is 0 Å². The van der Waals surface area contributed by atoms with Crippen molar-refractivity contribution in [1.29, 1.82) is 0 Å². The molecule has 112 valence electrons. The van der Waals surface area contributed by atoms with Crippen LogP contribution in [-0.4, -0.2) is 20.8 Å². The summed E-state index contributed by atoms with van der Waals surface area (Å²) in [5.41, 5.74) is 3.96. The summed E-state index contributed by atoms with van der Waals surface area (Å²) in [6, 6.07) is 17.6. The molecular weight excluding hydrogens is 326 g/mol. The first kappa shape index (κ1) is 16.2. The summed E-state index contributed by atoms with van der Waals surface area (Å²) in [5, 5.41) is 3.41. The average Bonchev–Trinajstić information content (AvgIpc) is 2.51. The first-order chi connectivity index (χ1) is 10.2. The van der Waals surface area contributed by atoms with Crippen molar-refractivity contribution in [1.82, 2.24) is 5.32 Å². The highest BCUT2D eigenvalue weighted by molar-refractivity contribution is 9.10. The molecule has 0 aliphatic heterocycles. The van der Waals surface area contributed by atoms with Gasteiger partial charge in [0.1, 0.15) is 0 Å². The van der Waals surface area contributed by atoms with E-state index in [2.05, 4.69) is 69.8 Å². The Morgan fingerprint density at radius 2 is 1.86 bits per heavy atom. The van der Waals surface area contributed by atoms with E-state index in [9.17, 15) is 0 Å². The van der Waals surface area contributed by atoms with Gasteiger partial charge in [-0.05, 0) is 48.7 Å². The number of hydrogen-bond acceptors (Lipinski definition) is 2. The minimum absolute atomic E-state index is 0.329. The molecule has 2 aromatic carbocycles. The van der Waals surface area contributed by atoms with Crippen LogP contribution in [0.15, 0.2) is 53.0 Å². The summed E-state index contributed by atoms with van der Waals surface area (Å²) in [5.74, 6) is 0. The molecule has 2 aromatic rings. The van der Waals surface area contributed by atoms with Crippen molar-refractivity contribution in [3.8, 4) is 0 Å². The third-order valence-electron chi connectivity index (χ3n) is 3.65. The molecule has 1 atom stereocenters. The second-order valence-electron chi connectivity index (χ2n) is 5.16. The minimum Gasteiger partial charge on any atom is -0.384 e. The summed E-state index contributed by atoms with van der Waals surface area (Å²) in [7, 11) is 3.75. The maximum Gasteiger partial charge on any atom is 0.0502 e. The van der Waals surface area contributed by atoms with Crippen LogP contribution in [0.25, 0.3) is 0 Å². The Bertz CT molecular complexity index is 553. The Balaban J connectivity index is 2.06. The van der Waals surface area contributed by atoms with Crippen LogP contribution in [0.2, 0.25) is 0 Å². The lowest BCUT2D eigenvalue weighted by molar-refractivity contribution is 0.202. The second kappa shape index (κ2) is 8.32. The monoisotopic (exact) mass is 347 g/mol. The second-order valence-corrected chi connectivity index (χ2v) is 6.08. The van der Waals surface area contributed by atoms with E-state index in [1.807, 2.05) is 7.05 Å². The Kier molecular flexibility index (Phi) is 6.43. The molecule has 0 saturated heterocycles. The van der Waals surface area contributed by atoms with E-state index < -0.39 is 0 Å². The standard InChI is InChI=1S/C18H22BrNO/c1-20-18(13-15-4-3-5-17(19)12-15)16-8-6-14(7-9-16)10-11-21-2/h3-9,12,18,20H,10-11,13H2,1-2H3. The van der Waals surface area contributed by atoms with Crippen LogP contribution < -0.4 is 5.32 Å². The fraction of sp³-hybridized carbons (Fsp3) is 0.333. The number of hydrogen-bond donors (Lipinski definition) is 1. The summed E-state index contributed by atoms with van der Waals surface area (Å²) < 4.78 is 6.25. The van der Waals surface area contributed by atoms with Gasteiger partial charge in [0.05, 0.1) is 6.61 Å². The van der Waals surface area contributed by atoms with Crippen LogP contribution in [0.4, 0.5) is 0 Å². The Morgan fingerprint density at radius 3 is 2.48 bits per heavy atom. The van der Waals surface area contributed by atoms with Gasteiger partial charge in [-0.25, -0.2) is 0 Å². The maximum atomic E-state index is 5.12. The summed E-state index contributed by atoms with van der Waals surface area (Å²) in [6.07, 6.45) is 1.94. The normalized spacial score (nSPS) is 12.3. The summed E-state index contributed by atoms with van der Waals surface area (Å²) in [4.78, 5) is 0. The largest absolute Gasteiger partial charge is 0.384 e. The molecule has 0 radical (unpaired) electrons. The molecular formula is C18H22BrNO. The Labute approximate surface area is 135 Å². The van der Waals surface area contributed by atoms with Crippen molar-refractivity contribution in [3.05, 3.63) is 69.7 Å². The minimum atomic E-state index is 0.329. The fourth-order valence-electron chi connectivity index (χ4n) is 2.42. The third kappa shape index (κ3) is 4.95. The van der Waals surface area contributed by atoms with E-state index in [1.165, 1.54) is 16.7 Å². The zero-order chi connectivity index (χ0) is 15.1. The molecule has 21 heavy (non-hydrogen) atoms. The lowest BCUT2D eigenvalue weighted by Gasteiger charge is -2.17. The first-order valence-corrected chi connectivity index (χ1v) is 8.01. The molecule has 0 fully saturated rings. The molecule has 0 heterocycles. The van der Waals surface area contributed by atoms with Gasteiger partial charge in [-0.3, -0.25) is 0 Å². The van der Waals surface area contributed by atoms with E-state index in [0.29, 0.717) is 6.04 Å². The van der Waals surface area contributed by atoms with Gasteiger partial charge in [0.2, 0.25) is 0 Å². The lowest BCUT2D eigenvalue weighted by atomic mass is 9.97. The molecule has 2 rings (SSSR count). The molecule has 0 amide bonds. The van der Waals surface area contributed by atoms with E-state index in [1.54, 1.807) is 7.11 Å². The van der Waals surface area contributed by atoms with E-state index in [-0.39, 0.29) is 0 Å². The molecule has 2 nitrogen and oxygen atoms in total.